The van der Waals surface area contributed by atoms with Crippen LogP contribution in [0.3, 0.4) is 0 Å². The van der Waals surface area contributed by atoms with Crippen LogP contribution < -0.4 is 10.1 Å². The van der Waals surface area contributed by atoms with Crippen molar-refractivity contribution < 1.29 is 19.1 Å². The van der Waals surface area contributed by atoms with Gasteiger partial charge < -0.3 is 10.1 Å². The van der Waals surface area contributed by atoms with Crippen LogP contribution in [-0.4, -0.2) is 41.3 Å². The van der Waals surface area contributed by atoms with Crippen LogP contribution >= 0.6 is 11.6 Å². The maximum absolute atomic E-state index is 12.3. The molecule has 7 nitrogen and oxygen atoms in total. The Kier molecular flexibility index (Phi) is 4.41. The number of carbonyl (C=O) groups excluding carboxylic acids is 3. The van der Waals surface area contributed by atoms with E-state index in [9.17, 15) is 14.4 Å². The molecule has 25 heavy (non-hydrogen) atoms. The van der Waals surface area contributed by atoms with E-state index in [1.807, 2.05) is 0 Å². The first-order valence-corrected chi connectivity index (χ1v) is 7.75. The Balaban J connectivity index is 1.78. The monoisotopic (exact) mass is 359 g/mol. The molecule has 1 N–H and O–H groups in total. The summed E-state index contributed by atoms with van der Waals surface area (Å²) in [7, 11) is 1.45. The topological polar surface area (TPSA) is 88.6 Å². The Bertz CT molecular complexity index is 862. The Hall–Kier alpha value is -2.93. The number of hydrogen-bond acceptors (Lipinski definition) is 5. The van der Waals surface area contributed by atoms with Gasteiger partial charge in [-0.3, -0.25) is 24.3 Å². The number of imide groups is 1. The lowest BCUT2D eigenvalue weighted by Crippen LogP contribution is -2.37. The molecule has 0 aliphatic carbocycles. The number of aromatic nitrogens is 1. The van der Waals surface area contributed by atoms with Gasteiger partial charge in [0, 0.05) is 17.3 Å². The SMILES string of the molecule is COc1cc(Cl)c(C)cc1NC(=O)CN1C(=O)c2cccnc2C1=O. The highest BCUT2D eigenvalue weighted by atomic mass is 35.5. The van der Waals surface area contributed by atoms with Crippen LogP contribution in [0.4, 0.5) is 5.69 Å². The summed E-state index contributed by atoms with van der Waals surface area (Å²) < 4.78 is 5.19. The lowest BCUT2D eigenvalue weighted by atomic mass is 10.2. The summed E-state index contributed by atoms with van der Waals surface area (Å²) in [5, 5.41) is 3.14. The average Bonchev–Trinajstić information content (AvgIpc) is 2.83. The summed E-state index contributed by atoms with van der Waals surface area (Å²) in [6.07, 6.45) is 1.43. The van der Waals surface area contributed by atoms with Crippen LogP contribution in [0.5, 0.6) is 5.75 Å². The third-order valence-corrected chi connectivity index (χ3v) is 4.19. The number of anilines is 1. The smallest absolute Gasteiger partial charge is 0.280 e. The number of pyridine rings is 1. The number of carbonyl (C=O) groups is 3. The van der Waals surface area contributed by atoms with Crippen molar-refractivity contribution in [3.05, 3.63) is 52.3 Å². The van der Waals surface area contributed by atoms with Gasteiger partial charge in [-0.25, -0.2) is 0 Å². The predicted octanol–water partition coefficient (Wildman–Crippen LogP) is 2.29. The lowest BCUT2D eigenvalue weighted by Gasteiger charge is -2.15. The number of fused-ring (bicyclic) bond motifs is 1. The number of hydrogen-bond donors (Lipinski definition) is 1. The fourth-order valence-electron chi connectivity index (χ4n) is 2.52. The number of ether oxygens (including phenoxy) is 1. The van der Waals surface area contributed by atoms with E-state index >= 15 is 0 Å². The van der Waals surface area contributed by atoms with Crippen molar-refractivity contribution in [1.29, 1.82) is 0 Å². The third-order valence-electron chi connectivity index (χ3n) is 3.79. The van der Waals surface area contributed by atoms with Gasteiger partial charge >= 0.3 is 0 Å². The van der Waals surface area contributed by atoms with Gasteiger partial charge in [0.25, 0.3) is 11.8 Å². The van der Waals surface area contributed by atoms with E-state index in [1.165, 1.54) is 19.4 Å². The number of halogens is 1. The van der Waals surface area contributed by atoms with Crippen LogP contribution in [0.1, 0.15) is 26.4 Å². The minimum atomic E-state index is -0.588. The lowest BCUT2D eigenvalue weighted by molar-refractivity contribution is -0.116. The Morgan fingerprint density at radius 3 is 2.76 bits per heavy atom. The van der Waals surface area contributed by atoms with Crippen molar-refractivity contribution in [2.75, 3.05) is 19.0 Å². The zero-order chi connectivity index (χ0) is 18.1. The van der Waals surface area contributed by atoms with E-state index in [2.05, 4.69) is 10.3 Å². The second-order valence-corrected chi connectivity index (χ2v) is 5.85. The molecule has 0 atom stereocenters. The quantitative estimate of drug-likeness (QED) is 0.846. The number of methoxy groups -OCH3 is 1. The van der Waals surface area contributed by atoms with Crippen LogP contribution in [-0.2, 0) is 4.79 Å². The number of nitrogens with zero attached hydrogens (tertiary/aromatic N) is 2. The number of aryl methyl sites for hydroxylation is 1. The van der Waals surface area contributed by atoms with E-state index in [1.54, 1.807) is 25.1 Å². The molecule has 0 bridgehead atoms. The fraction of sp³-hybridized carbons (Fsp3) is 0.176. The van der Waals surface area contributed by atoms with Crippen molar-refractivity contribution in [2.45, 2.75) is 6.92 Å². The Morgan fingerprint density at radius 2 is 2.08 bits per heavy atom. The van der Waals surface area contributed by atoms with Crippen LogP contribution in [0.15, 0.2) is 30.5 Å². The van der Waals surface area contributed by atoms with Gasteiger partial charge in [0.1, 0.15) is 18.0 Å². The van der Waals surface area contributed by atoms with E-state index in [0.29, 0.717) is 16.5 Å². The number of nitrogens with one attached hydrogen (secondary N) is 1. The molecule has 0 radical (unpaired) electrons. The van der Waals surface area contributed by atoms with Crippen molar-refractivity contribution in [3.8, 4) is 5.75 Å². The maximum atomic E-state index is 12.3. The molecule has 1 aliphatic rings. The van der Waals surface area contributed by atoms with Crippen LogP contribution in [0, 0.1) is 6.92 Å². The number of benzene rings is 1. The van der Waals surface area contributed by atoms with Crippen LogP contribution in [0.25, 0.3) is 0 Å². The van der Waals surface area contributed by atoms with Gasteiger partial charge in [0.15, 0.2) is 0 Å². The Labute approximate surface area is 148 Å². The first-order chi connectivity index (χ1) is 11.9. The van der Waals surface area contributed by atoms with Gasteiger partial charge in [0.05, 0.1) is 18.4 Å². The minimum Gasteiger partial charge on any atom is -0.495 e. The summed E-state index contributed by atoms with van der Waals surface area (Å²) >= 11 is 6.03. The number of amides is 3. The fourth-order valence-corrected chi connectivity index (χ4v) is 2.67. The molecule has 0 fully saturated rings. The van der Waals surface area contributed by atoms with Gasteiger partial charge in [-0.1, -0.05) is 11.6 Å². The summed E-state index contributed by atoms with van der Waals surface area (Å²) in [6, 6.07) is 6.31. The second-order valence-electron chi connectivity index (χ2n) is 5.45. The summed E-state index contributed by atoms with van der Waals surface area (Å²) in [5.41, 5.74) is 1.41. The first kappa shape index (κ1) is 16.9. The molecule has 8 heteroatoms. The summed E-state index contributed by atoms with van der Waals surface area (Å²) in [4.78, 5) is 41.6. The van der Waals surface area contributed by atoms with Crippen molar-refractivity contribution in [3.63, 3.8) is 0 Å². The zero-order valence-corrected chi connectivity index (χ0v) is 14.3. The minimum absolute atomic E-state index is 0.0558. The van der Waals surface area contributed by atoms with Gasteiger partial charge in [-0.05, 0) is 30.7 Å². The molecular formula is C17H14ClN3O4. The van der Waals surface area contributed by atoms with Crippen molar-refractivity contribution in [1.82, 2.24) is 9.88 Å². The molecule has 1 aliphatic heterocycles. The third kappa shape index (κ3) is 3.06. The molecule has 2 aromatic rings. The largest absolute Gasteiger partial charge is 0.495 e. The highest BCUT2D eigenvalue weighted by Crippen LogP contribution is 2.31. The first-order valence-electron chi connectivity index (χ1n) is 7.37. The van der Waals surface area contributed by atoms with Gasteiger partial charge in [-0.15, -0.1) is 0 Å². The van der Waals surface area contributed by atoms with Crippen molar-refractivity contribution >= 4 is 35.0 Å². The van der Waals surface area contributed by atoms with Crippen molar-refractivity contribution in [2.24, 2.45) is 0 Å². The molecule has 1 aromatic carbocycles. The normalized spacial score (nSPS) is 13.0. The molecule has 0 spiro atoms. The molecule has 0 saturated heterocycles. The highest BCUT2D eigenvalue weighted by Gasteiger charge is 2.37. The van der Waals surface area contributed by atoms with Crippen LogP contribution in [0.2, 0.25) is 5.02 Å². The van der Waals surface area contributed by atoms with Gasteiger partial charge in [0.2, 0.25) is 5.91 Å². The molecule has 3 amide bonds. The molecular weight excluding hydrogens is 346 g/mol. The second kappa shape index (κ2) is 6.52. The maximum Gasteiger partial charge on any atom is 0.280 e. The molecule has 2 heterocycles. The molecule has 0 unspecified atom stereocenters. The van der Waals surface area contributed by atoms with E-state index < -0.39 is 24.3 Å². The zero-order valence-electron chi connectivity index (χ0n) is 13.5. The average molecular weight is 360 g/mol. The van der Waals surface area contributed by atoms with E-state index in [-0.39, 0.29) is 11.3 Å². The molecule has 1 aromatic heterocycles. The molecule has 0 saturated carbocycles. The summed E-state index contributed by atoms with van der Waals surface area (Å²) in [5.74, 6) is -1.28. The summed E-state index contributed by atoms with van der Waals surface area (Å²) in [6.45, 7) is 1.37. The predicted molar refractivity (Wildman–Crippen MR) is 91.0 cm³/mol. The molecule has 128 valence electrons. The Morgan fingerprint density at radius 1 is 1.32 bits per heavy atom. The molecule has 3 rings (SSSR count). The highest BCUT2D eigenvalue weighted by molar-refractivity contribution is 6.31. The van der Waals surface area contributed by atoms with E-state index in [0.717, 1.165) is 10.5 Å². The van der Waals surface area contributed by atoms with E-state index in [4.69, 9.17) is 16.3 Å². The standard InChI is InChI=1S/C17H14ClN3O4/c1-9-6-12(13(25-2)7-11(9)18)20-14(22)8-21-16(23)10-4-3-5-19-15(10)17(21)24/h3-7H,8H2,1-2H3,(H,20,22). The number of rotatable bonds is 4. The van der Waals surface area contributed by atoms with Gasteiger partial charge in [-0.2, -0.15) is 0 Å².